The van der Waals surface area contributed by atoms with Gasteiger partial charge in [-0.25, -0.2) is 18.7 Å². The van der Waals surface area contributed by atoms with Crippen LogP contribution in [0.4, 0.5) is 8.78 Å². The highest BCUT2D eigenvalue weighted by molar-refractivity contribution is 7.99. The zero-order valence-corrected chi connectivity index (χ0v) is 13.7. The van der Waals surface area contributed by atoms with Gasteiger partial charge in [-0.15, -0.1) is 0 Å². The van der Waals surface area contributed by atoms with E-state index in [-0.39, 0.29) is 10.3 Å². The van der Waals surface area contributed by atoms with Gasteiger partial charge < -0.3 is 0 Å². The molecule has 6 heteroatoms. The van der Waals surface area contributed by atoms with Crippen molar-refractivity contribution in [1.82, 2.24) is 9.97 Å². The molecule has 1 aromatic carbocycles. The van der Waals surface area contributed by atoms with Crippen molar-refractivity contribution in [3.8, 4) is 0 Å². The molecule has 0 radical (unpaired) electrons. The third kappa shape index (κ3) is 3.71. The predicted molar refractivity (Wildman–Crippen MR) is 81.0 cm³/mol. The Hall–Kier alpha value is -1.20. The summed E-state index contributed by atoms with van der Waals surface area (Å²) >= 11 is 7.18. The minimum Gasteiger partial charge on any atom is -0.225 e. The molecule has 0 bridgehead atoms. The number of aromatic nitrogens is 2. The number of halogens is 3. The van der Waals surface area contributed by atoms with E-state index in [0.29, 0.717) is 21.6 Å². The van der Waals surface area contributed by atoms with E-state index >= 15 is 0 Å². The Kier molecular flexibility index (Phi) is 4.54. The van der Waals surface area contributed by atoms with E-state index in [4.69, 9.17) is 11.6 Å². The summed E-state index contributed by atoms with van der Waals surface area (Å²) in [6.45, 7) is 7.65. The Morgan fingerprint density at radius 1 is 1.14 bits per heavy atom. The van der Waals surface area contributed by atoms with Gasteiger partial charge in [0.25, 0.3) is 0 Å². The van der Waals surface area contributed by atoms with Crippen LogP contribution < -0.4 is 0 Å². The van der Waals surface area contributed by atoms with Gasteiger partial charge >= 0.3 is 0 Å². The molecule has 0 atom stereocenters. The van der Waals surface area contributed by atoms with Crippen molar-refractivity contribution in [3.05, 3.63) is 46.4 Å². The standard InChI is InChI=1S/C15H15ClF2N2S/c1-8-12(16)19-14(15(2,3)4)20-13(8)21-11-7-9(17)5-6-10(11)18/h5-7H,1-4H3. The lowest BCUT2D eigenvalue weighted by Gasteiger charge is -2.18. The Bertz CT molecular complexity index is 684. The minimum absolute atomic E-state index is 0.174. The molecule has 2 aromatic rings. The maximum absolute atomic E-state index is 13.8. The number of hydrogen-bond acceptors (Lipinski definition) is 3. The molecule has 0 spiro atoms. The highest BCUT2D eigenvalue weighted by Crippen LogP contribution is 2.34. The molecule has 2 nitrogen and oxygen atoms in total. The molecule has 1 aromatic heterocycles. The van der Waals surface area contributed by atoms with Crippen LogP contribution in [0.1, 0.15) is 32.2 Å². The maximum Gasteiger partial charge on any atom is 0.137 e. The van der Waals surface area contributed by atoms with Gasteiger partial charge in [0.2, 0.25) is 0 Å². The molecule has 0 amide bonds. The van der Waals surface area contributed by atoms with Crippen LogP contribution in [-0.2, 0) is 5.41 Å². The van der Waals surface area contributed by atoms with Crippen molar-refractivity contribution in [3.63, 3.8) is 0 Å². The van der Waals surface area contributed by atoms with Crippen molar-refractivity contribution in [2.45, 2.75) is 43.0 Å². The smallest absolute Gasteiger partial charge is 0.137 e. The SMILES string of the molecule is Cc1c(Cl)nc(C(C)(C)C)nc1Sc1cc(F)ccc1F. The average molecular weight is 329 g/mol. The molecule has 112 valence electrons. The summed E-state index contributed by atoms with van der Waals surface area (Å²) in [7, 11) is 0. The molecule has 0 fully saturated rings. The largest absolute Gasteiger partial charge is 0.225 e. The zero-order valence-electron chi connectivity index (χ0n) is 12.2. The van der Waals surface area contributed by atoms with Crippen LogP contribution in [0, 0.1) is 18.6 Å². The van der Waals surface area contributed by atoms with Crippen LogP contribution in [0.15, 0.2) is 28.1 Å². The summed E-state index contributed by atoms with van der Waals surface area (Å²) < 4.78 is 27.0. The van der Waals surface area contributed by atoms with Gasteiger partial charge in [0.15, 0.2) is 0 Å². The first-order valence-electron chi connectivity index (χ1n) is 6.36. The Morgan fingerprint density at radius 3 is 2.43 bits per heavy atom. The topological polar surface area (TPSA) is 25.8 Å². The van der Waals surface area contributed by atoms with E-state index in [1.807, 2.05) is 20.8 Å². The van der Waals surface area contributed by atoms with Gasteiger partial charge in [-0.05, 0) is 25.1 Å². The molecule has 0 unspecified atom stereocenters. The summed E-state index contributed by atoms with van der Waals surface area (Å²) in [6.07, 6.45) is 0. The fourth-order valence-electron chi connectivity index (χ4n) is 1.56. The lowest BCUT2D eigenvalue weighted by molar-refractivity contribution is 0.537. The van der Waals surface area contributed by atoms with Gasteiger partial charge in [0, 0.05) is 11.0 Å². The van der Waals surface area contributed by atoms with Gasteiger partial charge in [0.1, 0.15) is 27.6 Å². The molecule has 0 aliphatic heterocycles. The van der Waals surface area contributed by atoms with Gasteiger partial charge in [-0.2, -0.15) is 0 Å². The van der Waals surface area contributed by atoms with E-state index in [1.165, 1.54) is 0 Å². The van der Waals surface area contributed by atoms with Crippen molar-refractivity contribution in [1.29, 1.82) is 0 Å². The Balaban J connectivity index is 2.49. The molecule has 0 saturated carbocycles. The summed E-state index contributed by atoms with van der Waals surface area (Å²) in [6, 6.07) is 3.33. The number of rotatable bonds is 2. The fraction of sp³-hybridized carbons (Fsp3) is 0.333. The zero-order chi connectivity index (χ0) is 15.8. The molecule has 21 heavy (non-hydrogen) atoms. The Morgan fingerprint density at radius 2 is 1.81 bits per heavy atom. The lowest BCUT2D eigenvalue weighted by atomic mass is 9.96. The van der Waals surface area contributed by atoms with Crippen molar-refractivity contribution in [2.75, 3.05) is 0 Å². The van der Waals surface area contributed by atoms with E-state index in [2.05, 4.69) is 9.97 Å². The van der Waals surface area contributed by atoms with Crippen LogP contribution in [-0.4, -0.2) is 9.97 Å². The number of nitrogens with zero attached hydrogens (tertiary/aromatic N) is 2. The quantitative estimate of drug-likeness (QED) is 0.712. The fourth-order valence-corrected chi connectivity index (χ4v) is 2.72. The van der Waals surface area contributed by atoms with E-state index < -0.39 is 11.6 Å². The van der Waals surface area contributed by atoms with Crippen LogP contribution in [0.3, 0.4) is 0 Å². The van der Waals surface area contributed by atoms with Gasteiger partial charge in [-0.3, -0.25) is 0 Å². The van der Waals surface area contributed by atoms with Crippen LogP contribution >= 0.6 is 23.4 Å². The highest BCUT2D eigenvalue weighted by atomic mass is 35.5. The summed E-state index contributed by atoms with van der Waals surface area (Å²) in [5.74, 6) is -0.419. The third-order valence-corrected chi connectivity index (χ3v) is 4.30. The van der Waals surface area contributed by atoms with E-state index in [1.54, 1.807) is 6.92 Å². The van der Waals surface area contributed by atoms with Gasteiger partial charge in [0.05, 0.1) is 4.90 Å². The van der Waals surface area contributed by atoms with Crippen LogP contribution in [0.25, 0.3) is 0 Å². The molecule has 0 N–H and O–H groups in total. The third-order valence-electron chi connectivity index (χ3n) is 2.81. The van der Waals surface area contributed by atoms with Crippen LogP contribution in [0.2, 0.25) is 5.15 Å². The minimum atomic E-state index is -0.493. The molecule has 0 aliphatic carbocycles. The molecule has 0 saturated heterocycles. The summed E-state index contributed by atoms with van der Waals surface area (Å²) in [5, 5.41) is 0.860. The maximum atomic E-state index is 13.8. The summed E-state index contributed by atoms with van der Waals surface area (Å²) in [4.78, 5) is 8.88. The molecular weight excluding hydrogens is 314 g/mol. The van der Waals surface area contributed by atoms with E-state index in [9.17, 15) is 8.78 Å². The van der Waals surface area contributed by atoms with Crippen molar-refractivity contribution < 1.29 is 8.78 Å². The molecule has 2 rings (SSSR count). The first kappa shape index (κ1) is 16.2. The average Bonchev–Trinajstić information content (AvgIpc) is 2.37. The normalized spacial score (nSPS) is 11.8. The first-order chi connectivity index (χ1) is 9.68. The number of benzene rings is 1. The van der Waals surface area contributed by atoms with Gasteiger partial charge in [-0.1, -0.05) is 44.1 Å². The summed E-state index contributed by atoms with van der Waals surface area (Å²) in [5.41, 5.74) is 0.367. The predicted octanol–water partition coefficient (Wildman–Crippen LogP) is 5.17. The molecular formula is C15H15ClF2N2S. The first-order valence-corrected chi connectivity index (χ1v) is 7.55. The van der Waals surface area contributed by atoms with Crippen molar-refractivity contribution >= 4 is 23.4 Å². The monoisotopic (exact) mass is 328 g/mol. The second-order valence-electron chi connectivity index (χ2n) is 5.69. The second kappa shape index (κ2) is 5.89. The lowest BCUT2D eigenvalue weighted by Crippen LogP contribution is -2.17. The number of hydrogen-bond donors (Lipinski definition) is 0. The van der Waals surface area contributed by atoms with E-state index in [0.717, 1.165) is 30.0 Å². The molecule has 0 aliphatic rings. The second-order valence-corrected chi connectivity index (χ2v) is 7.08. The van der Waals surface area contributed by atoms with Crippen LogP contribution in [0.5, 0.6) is 0 Å². The molecule has 1 heterocycles. The highest BCUT2D eigenvalue weighted by Gasteiger charge is 2.21. The van der Waals surface area contributed by atoms with Crippen molar-refractivity contribution in [2.24, 2.45) is 0 Å². The Labute approximate surface area is 132 Å².